The van der Waals surface area contributed by atoms with Gasteiger partial charge < -0.3 is 4.98 Å². The van der Waals surface area contributed by atoms with E-state index in [1.807, 2.05) is 11.4 Å². The lowest BCUT2D eigenvalue weighted by atomic mass is 10.1. The van der Waals surface area contributed by atoms with Crippen molar-refractivity contribution in [1.82, 2.24) is 9.55 Å². The van der Waals surface area contributed by atoms with Gasteiger partial charge in [0, 0.05) is 6.54 Å². The van der Waals surface area contributed by atoms with E-state index in [9.17, 15) is 4.79 Å². The fourth-order valence-corrected chi connectivity index (χ4v) is 3.25. The summed E-state index contributed by atoms with van der Waals surface area (Å²) in [6.45, 7) is 2.67. The van der Waals surface area contributed by atoms with Crippen LogP contribution in [0, 0.1) is 11.7 Å². The van der Waals surface area contributed by atoms with Gasteiger partial charge in [0.05, 0.1) is 5.52 Å². The van der Waals surface area contributed by atoms with Crippen LogP contribution in [-0.4, -0.2) is 9.55 Å². The zero-order valence-corrected chi connectivity index (χ0v) is 12.7. The van der Waals surface area contributed by atoms with Gasteiger partial charge in [-0.3, -0.25) is 9.36 Å². The van der Waals surface area contributed by atoms with Crippen LogP contribution in [0.4, 0.5) is 0 Å². The summed E-state index contributed by atoms with van der Waals surface area (Å²) in [4.78, 5) is 15.5. The Morgan fingerprint density at radius 2 is 2.00 bits per heavy atom. The van der Waals surface area contributed by atoms with Gasteiger partial charge in [-0.1, -0.05) is 29.8 Å². The molecule has 0 fully saturated rings. The molecule has 102 valence electrons. The predicted molar refractivity (Wildman–Crippen MR) is 86.2 cm³/mol. The highest BCUT2D eigenvalue weighted by molar-refractivity contribution is 7.71. The van der Waals surface area contributed by atoms with Gasteiger partial charge in [0.2, 0.25) is 0 Å². The Hall–Kier alpha value is -1.72. The lowest BCUT2D eigenvalue weighted by Crippen LogP contribution is -2.22. The number of fused-ring (bicyclic) bond motifs is 1. The second-order valence-corrected chi connectivity index (χ2v) is 6.09. The molecule has 0 aliphatic carbocycles. The van der Waals surface area contributed by atoms with E-state index in [4.69, 9.17) is 12.2 Å². The Morgan fingerprint density at radius 1 is 1.25 bits per heavy atom. The normalized spacial score (nSPS) is 11.1. The van der Waals surface area contributed by atoms with E-state index in [-0.39, 0.29) is 5.56 Å². The van der Waals surface area contributed by atoms with Gasteiger partial charge in [0.1, 0.15) is 4.70 Å². The first-order chi connectivity index (χ1) is 9.65. The number of H-pyrrole nitrogens is 1. The summed E-state index contributed by atoms with van der Waals surface area (Å²) in [5.74, 6) is 0. The van der Waals surface area contributed by atoms with Gasteiger partial charge in [-0.2, -0.15) is 0 Å². The molecular weight excluding hydrogens is 288 g/mol. The maximum absolute atomic E-state index is 12.4. The number of benzene rings is 1. The van der Waals surface area contributed by atoms with Crippen LogP contribution in [0.2, 0.25) is 0 Å². The molecule has 0 amide bonds. The minimum absolute atomic E-state index is 0.00543. The Bertz CT molecular complexity index is 856. The summed E-state index contributed by atoms with van der Waals surface area (Å²) in [5.41, 5.74) is 3.29. The molecule has 0 saturated carbocycles. The second-order valence-electron chi connectivity index (χ2n) is 4.79. The number of aromatic amines is 1. The van der Waals surface area contributed by atoms with Gasteiger partial charge in [-0.25, -0.2) is 0 Å². The zero-order valence-electron chi connectivity index (χ0n) is 11.1. The summed E-state index contributed by atoms with van der Waals surface area (Å²) < 4.78 is 2.88. The average molecular weight is 302 g/mol. The number of rotatable bonds is 3. The van der Waals surface area contributed by atoms with E-state index in [0.29, 0.717) is 11.3 Å². The number of aryl methyl sites for hydroxylation is 2. The first-order valence-corrected chi connectivity index (χ1v) is 7.70. The minimum atomic E-state index is 0.00543. The highest BCUT2D eigenvalue weighted by Gasteiger charge is 2.06. The van der Waals surface area contributed by atoms with Crippen LogP contribution in [0.3, 0.4) is 0 Å². The standard InChI is InChI=1S/C15H14N2OS2/c1-10-2-4-11(5-3-10)6-8-17-14(18)13-12(7-9-20-13)16-15(17)19/h2-5,7,9H,6,8H2,1H3,(H,16,19). The maximum atomic E-state index is 12.4. The molecular formula is C15H14N2OS2. The Morgan fingerprint density at radius 3 is 2.75 bits per heavy atom. The van der Waals surface area contributed by atoms with E-state index in [0.717, 1.165) is 16.6 Å². The van der Waals surface area contributed by atoms with Crippen molar-refractivity contribution >= 4 is 33.8 Å². The fourth-order valence-electron chi connectivity index (χ4n) is 2.17. The van der Waals surface area contributed by atoms with Gasteiger partial charge in [-0.05, 0) is 42.6 Å². The van der Waals surface area contributed by atoms with Crippen LogP contribution in [0.15, 0.2) is 40.5 Å². The van der Waals surface area contributed by atoms with Crippen molar-refractivity contribution in [3.05, 3.63) is 62.0 Å². The predicted octanol–water partition coefficient (Wildman–Crippen LogP) is 3.67. The van der Waals surface area contributed by atoms with E-state index < -0.39 is 0 Å². The van der Waals surface area contributed by atoms with Crippen LogP contribution in [0.1, 0.15) is 11.1 Å². The van der Waals surface area contributed by atoms with Crippen LogP contribution >= 0.6 is 23.6 Å². The molecule has 2 heterocycles. The summed E-state index contributed by atoms with van der Waals surface area (Å²) in [5, 5.41) is 1.90. The molecule has 20 heavy (non-hydrogen) atoms. The SMILES string of the molecule is Cc1ccc(CCn2c(=S)[nH]c3ccsc3c2=O)cc1. The zero-order chi connectivity index (χ0) is 14.1. The van der Waals surface area contributed by atoms with Crippen molar-refractivity contribution < 1.29 is 0 Å². The molecule has 3 rings (SSSR count). The molecule has 0 unspecified atom stereocenters. The topological polar surface area (TPSA) is 37.8 Å². The highest BCUT2D eigenvalue weighted by Crippen LogP contribution is 2.14. The Kier molecular flexibility index (Phi) is 3.54. The molecule has 3 nitrogen and oxygen atoms in total. The van der Waals surface area contributed by atoms with Gasteiger partial charge in [0.15, 0.2) is 4.77 Å². The van der Waals surface area contributed by atoms with Crippen molar-refractivity contribution in [1.29, 1.82) is 0 Å². The summed E-state index contributed by atoms with van der Waals surface area (Å²) in [6, 6.07) is 10.2. The molecule has 5 heteroatoms. The third kappa shape index (κ3) is 2.46. The fraction of sp³-hybridized carbons (Fsp3) is 0.200. The Labute approximate surface area is 125 Å². The van der Waals surface area contributed by atoms with Gasteiger partial charge in [0.25, 0.3) is 5.56 Å². The van der Waals surface area contributed by atoms with Crippen molar-refractivity contribution in [3.8, 4) is 0 Å². The van der Waals surface area contributed by atoms with E-state index in [1.54, 1.807) is 4.57 Å². The highest BCUT2D eigenvalue weighted by atomic mass is 32.1. The number of thiophene rings is 1. The van der Waals surface area contributed by atoms with Crippen LogP contribution in [0.5, 0.6) is 0 Å². The quantitative estimate of drug-likeness (QED) is 0.750. The van der Waals surface area contributed by atoms with Crippen LogP contribution in [0.25, 0.3) is 10.2 Å². The minimum Gasteiger partial charge on any atom is -0.331 e. The van der Waals surface area contributed by atoms with Gasteiger partial charge >= 0.3 is 0 Å². The molecule has 0 radical (unpaired) electrons. The first kappa shape index (κ1) is 13.3. The molecule has 0 atom stereocenters. The molecule has 0 saturated heterocycles. The molecule has 1 aromatic carbocycles. The monoisotopic (exact) mass is 302 g/mol. The van der Waals surface area contributed by atoms with E-state index >= 15 is 0 Å². The molecule has 0 bridgehead atoms. The molecule has 1 N–H and O–H groups in total. The number of nitrogens with zero attached hydrogens (tertiary/aromatic N) is 1. The largest absolute Gasteiger partial charge is 0.331 e. The summed E-state index contributed by atoms with van der Waals surface area (Å²) in [7, 11) is 0. The second kappa shape index (κ2) is 5.34. The van der Waals surface area contributed by atoms with Crippen LogP contribution in [-0.2, 0) is 13.0 Å². The van der Waals surface area contributed by atoms with Crippen molar-refractivity contribution in [2.45, 2.75) is 19.9 Å². The average Bonchev–Trinajstić information content (AvgIpc) is 2.89. The maximum Gasteiger partial charge on any atom is 0.272 e. The van der Waals surface area contributed by atoms with E-state index in [1.165, 1.54) is 22.5 Å². The van der Waals surface area contributed by atoms with Crippen molar-refractivity contribution in [2.24, 2.45) is 0 Å². The number of hydrogen-bond acceptors (Lipinski definition) is 3. The third-order valence-electron chi connectivity index (χ3n) is 3.34. The number of nitrogens with one attached hydrogen (secondary N) is 1. The first-order valence-electron chi connectivity index (χ1n) is 6.41. The molecule has 0 aliphatic heterocycles. The van der Waals surface area contributed by atoms with Crippen LogP contribution < -0.4 is 5.56 Å². The molecule has 3 aromatic rings. The molecule has 2 aromatic heterocycles. The van der Waals surface area contributed by atoms with Crippen molar-refractivity contribution in [2.75, 3.05) is 0 Å². The van der Waals surface area contributed by atoms with Gasteiger partial charge in [-0.15, -0.1) is 11.3 Å². The lowest BCUT2D eigenvalue weighted by Gasteiger charge is -2.06. The van der Waals surface area contributed by atoms with Crippen molar-refractivity contribution in [3.63, 3.8) is 0 Å². The number of hydrogen-bond donors (Lipinski definition) is 1. The summed E-state index contributed by atoms with van der Waals surface area (Å²) in [6.07, 6.45) is 0.800. The van der Waals surface area contributed by atoms with E-state index in [2.05, 4.69) is 36.2 Å². The summed E-state index contributed by atoms with van der Waals surface area (Å²) >= 11 is 6.73. The Balaban J connectivity index is 1.93. The third-order valence-corrected chi connectivity index (χ3v) is 4.56. The molecule has 0 aliphatic rings. The molecule has 0 spiro atoms. The lowest BCUT2D eigenvalue weighted by molar-refractivity contribution is 0.653. The smallest absolute Gasteiger partial charge is 0.272 e. The number of aromatic nitrogens is 2.